The highest BCUT2D eigenvalue weighted by atomic mass is 19.3. The van der Waals surface area contributed by atoms with Crippen LogP contribution in [0.3, 0.4) is 0 Å². The highest BCUT2D eigenvalue weighted by Crippen LogP contribution is 2.08. The van der Waals surface area contributed by atoms with E-state index in [0.717, 1.165) is 0 Å². The van der Waals surface area contributed by atoms with Crippen molar-refractivity contribution in [2.24, 2.45) is 0 Å². The third-order valence-corrected chi connectivity index (χ3v) is 0.143. The van der Waals surface area contributed by atoms with Crippen molar-refractivity contribution in [3.63, 3.8) is 0 Å². The molecule has 0 aromatic heterocycles. The molecule has 0 aromatic rings. The standard InChI is InChI=1S/C2F4.C2H2F2.6FH/c3-1(4)2(5)6;1-2(3)4;;;;;;/h;1H2;6*1H/p-6. The van der Waals surface area contributed by atoms with Gasteiger partial charge in [0.25, 0.3) is 6.08 Å². The number of hydrogen-bond donors (Lipinski definition) is 0. The lowest BCUT2D eigenvalue weighted by Gasteiger charge is -1.69. The van der Waals surface area contributed by atoms with Gasteiger partial charge in [-0.25, -0.2) is 0 Å². The molecule has 0 unspecified atom stereocenters. The van der Waals surface area contributed by atoms with Gasteiger partial charge in [0.1, 0.15) is 0 Å². The average molecular weight is 278 g/mol. The minimum Gasteiger partial charge on any atom is -1.00 e. The molecule has 0 nitrogen and oxygen atoms in total. The SMILES string of the molecule is C=C(F)F.FC(F)=C(F)F.[F-].[F-].[F-].[F-].[F-].[F-]. The molecule has 0 radical (unpaired) electrons. The minimum absolute atomic E-state index is 0. The van der Waals surface area contributed by atoms with Gasteiger partial charge in [-0.1, -0.05) is 0 Å². The lowest BCUT2D eigenvalue weighted by Crippen LogP contribution is -3.00. The van der Waals surface area contributed by atoms with Crippen LogP contribution in [0.1, 0.15) is 0 Å². The molecule has 0 N–H and O–H groups in total. The molecule has 0 aliphatic carbocycles. The zero-order chi connectivity index (χ0) is 8.73. The van der Waals surface area contributed by atoms with Crippen LogP contribution in [0.15, 0.2) is 24.8 Å². The number of halogens is 12. The highest BCUT2D eigenvalue weighted by Gasteiger charge is 1.98. The fraction of sp³-hybridized carbons (Fsp3) is 0. The second-order valence-corrected chi connectivity index (χ2v) is 0.860. The number of rotatable bonds is 0. The molecule has 0 rings (SSSR count). The largest absolute Gasteiger partial charge is 1.00 e. The first kappa shape index (κ1) is 61.8. The molecule has 0 bridgehead atoms. The van der Waals surface area contributed by atoms with Gasteiger partial charge in [-0.2, -0.15) is 26.3 Å². The predicted molar refractivity (Wildman–Crippen MR) is 22.8 cm³/mol. The predicted octanol–water partition coefficient (Wildman–Crippen LogP) is -14.6. The Bertz CT molecular complexity index is 118. The fourth-order valence-corrected chi connectivity index (χ4v) is 0. The Morgan fingerprint density at radius 3 is 0.562 bits per heavy atom. The average Bonchev–Trinajstić information content (AvgIpc) is 1.63. The van der Waals surface area contributed by atoms with E-state index in [2.05, 4.69) is 6.58 Å². The maximum absolute atomic E-state index is 10.3. The lowest BCUT2D eigenvalue weighted by atomic mass is 11.1. The van der Waals surface area contributed by atoms with Crippen molar-refractivity contribution in [3.8, 4) is 0 Å². The fourth-order valence-electron chi connectivity index (χ4n) is 0. The van der Waals surface area contributed by atoms with Crippen LogP contribution in [0, 0.1) is 0 Å². The van der Waals surface area contributed by atoms with Crippen molar-refractivity contribution < 1.29 is 54.6 Å². The summed E-state index contributed by atoms with van der Waals surface area (Å²) in [6.07, 6.45) is -7.65. The van der Waals surface area contributed by atoms with E-state index in [4.69, 9.17) is 0 Å². The Balaban J connectivity index is -0.00000001000. The summed E-state index contributed by atoms with van der Waals surface area (Å²) in [5.74, 6) is 0. The molecule has 12 heteroatoms. The van der Waals surface area contributed by atoms with E-state index in [9.17, 15) is 26.3 Å². The molecule has 0 aliphatic heterocycles. The second kappa shape index (κ2) is 37.3. The topological polar surface area (TPSA) is 0 Å². The van der Waals surface area contributed by atoms with Gasteiger partial charge in [0.2, 0.25) is 0 Å². The molecular weight excluding hydrogens is 276 g/mol. The molecule has 0 fully saturated rings. The van der Waals surface area contributed by atoms with Crippen molar-refractivity contribution >= 4 is 0 Å². The van der Waals surface area contributed by atoms with Crippen LogP contribution < -0.4 is 28.2 Å². The summed E-state index contributed by atoms with van der Waals surface area (Å²) >= 11 is 0. The molecule has 0 amide bonds. The van der Waals surface area contributed by atoms with Crippen LogP contribution in [0.5, 0.6) is 0 Å². The summed E-state index contributed by atoms with van der Waals surface area (Å²) in [6.45, 7) is 2.22. The highest BCUT2D eigenvalue weighted by molar-refractivity contribution is 4.77. The van der Waals surface area contributed by atoms with Gasteiger partial charge in [-0.15, -0.1) is 0 Å². The number of hydrogen-bond acceptors (Lipinski definition) is 0. The van der Waals surface area contributed by atoms with Crippen molar-refractivity contribution in [2.45, 2.75) is 0 Å². The van der Waals surface area contributed by atoms with Crippen LogP contribution in [0.25, 0.3) is 0 Å². The quantitative estimate of drug-likeness (QED) is 0.386. The molecular formula is C4H2F12-6. The van der Waals surface area contributed by atoms with Crippen LogP contribution in [0.2, 0.25) is 0 Å². The maximum atomic E-state index is 10.3. The van der Waals surface area contributed by atoms with E-state index in [0.29, 0.717) is 0 Å². The zero-order valence-electron chi connectivity index (χ0n) is 6.74. The smallest absolute Gasteiger partial charge is 0.334 e. The van der Waals surface area contributed by atoms with Crippen molar-refractivity contribution in [1.82, 2.24) is 0 Å². The molecule has 0 aromatic carbocycles. The van der Waals surface area contributed by atoms with E-state index >= 15 is 0 Å². The molecule has 0 saturated heterocycles. The third-order valence-electron chi connectivity index (χ3n) is 0.143. The van der Waals surface area contributed by atoms with Gasteiger partial charge in [-0.05, 0) is 6.58 Å². The first-order chi connectivity index (χ1) is 4.37. The van der Waals surface area contributed by atoms with Gasteiger partial charge in [-0.3, -0.25) is 0 Å². The van der Waals surface area contributed by atoms with Crippen LogP contribution in [-0.2, 0) is 0 Å². The van der Waals surface area contributed by atoms with E-state index in [1.54, 1.807) is 0 Å². The van der Waals surface area contributed by atoms with Crippen molar-refractivity contribution in [2.75, 3.05) is 0 Å². The van der Waals surface area contributed by atoms with Crippen LogP contribution in [0.4, 0.5) is 26.3 Å². The summed E-state index contributed by atoms with van der Waals surface area (Å²) in [5, 5.41) is 0. The summed E-state index contributed by atoms with van der Waals surface area (Å²) < 4.78 is 61.4. The summed E-state index contributed by atoms with van der Waals surface area (Å²) in [7, 11) is 0. The van der Waals surface area contributed by atoms with Crippen molar-refractivity contribution in [1.29, 1.82) is 0 Å². The van der Waals surface area contributed by atoms with E-state index < -0.39 is 18.2 Å². The summed E-state index contributed by atoms with van der Waals surface area (Å²) in [4.78, 5) is 0. The van der Waals surface area contributed by atoms with E-state index in [1.807, 2.05) is 0 Å². The molecule has 0 aliphatic rings. The molecule has 16 heavy (non-hydrogen) atoms. The van der Waals surface area contributed by atoms with Gasteiger partial charge in [0.15, 0.2) is 0 Å². The third kappa shape index (κ3) is 246. The summed E-state index contributed by atoms with van der Waals surface area (Å²) in [5.41, 5.74) is 0. The van der Waals surface area contributed by atoms with Crippen LogP contribution in [-0.4, -0.2) is 0 Å². The first-order valence-corrected chi connectivity index (χ1v) is 1.74. The Hall–Kier alpha value is -1.36. The van der Waals surface area contributed by atoms with E-state index in [1.165, 1.54) is 0 Å². The Morgan fingerprint density at radius 1 is 0.500 bits per heavy atom. The monoisotopic (exact) mass is 278 g/mol. The zero-order valence-corrected chi connectivity index (χ0v) is 6.74. The molecule has 0 saturated carbocycles. The van der Waals surface area contributed by atoms with Gasteiger partial charge in [0, 0.05) is 0 Å². The minimum atomic E-state index is -2.91. The normalized spacial score (nSPS) is 4.62. The van der Waals surface area contributed by atoms with Gasteiger partial charge >= 0.3 is 12.2 Å². The van der Waals surface area contributed by atoms with E-state index in [-0.39, 0.29) is 28.2 Å². The van der Waals surface area contributed by atoms with Gasteiger partial charge in [0.05, 0.1) is 0 Å². The molecule has 0 spiro atoms. The van der Waals surface area contributed by atoms with Crippen molar-refractivity contribution in [3.05, 3.63) is 24.8 Å². The molecule has 0 atom stereocenters. The lowest BCUT2D eigenvalue weighted by molar-refractivity contribution is -0.00100. The molecule has 0 heterocycles. The Labute approximate surface area is 80.8 Å². The first-order valence-electron chi connectivity index (χ1n) is 1.74. The molecule has 108 valence electrons. The Morgan fingerprint density at radius 2 is 0.562 bits per heavy atom. The van der Waals surface area contributed by atoms with Gasteiger partial charge < -0.3 is 28.2 Å². The Kier molecular flexibility index (Phi) is 144. The summed E-state index contributed by atoms with van der Waals surface area (Å²) in [6, 6.07) is 0. The maximum Gasteiger partial charge on any atom is 0.334 e. The second-order valence-electron chi connectivity index (χ2n) is 0.860. The van der Waals surface area contributed by atoms with Crippen LogP contribution >= 0.6 is 0 Å².